The third kappa shape index (κ3) is 4.28. The zero-order valence-corrected chi connectivity index (χ0v) is 12.3. The van der Waals surface area contributed by atoms with Crippen LogP contribution in [-0.2, 0) is 0 Å². The molecule has 0 aliphatic heterocycles. The molecule has 2 saturated carbocycles. The topological polar surface area (TPSA) is 12.0 Å². The molecule has 5 heteroatoms. The lowest BCUT2D eigenvalue weighted by molar-refractivity contribution is -0.189. The lowest BCUT2D eigenvalue weighted by Crippen LogP contribution is -2.48. The molecule has 2 aliphatic carbocycles. The predicted molar refractivity (Wildman–Crippen MR) is 74.5 cm³/mol. The molecule has 2 fully saturated rings. The summed E-state index contributed by atoms with van der Waals surface area (Å²) in [4.78, 5) is 0. The lowest BCUT2D eigenvalue weighted by Gasteiger charge is -2.35. The molecule has 2 rings (SSSR count). The molecule has 0 saturated heterocycles. The monoisotopic (exact) mass is 295 g/mol. The van der Waals surface area contributed by atoms with E-state index in [9.17, 15) is 13.2 Å². The van der Waals surface area contributed by atoms with Crippen molar-refractivity contribution in [2.24, 2.45) is 5.92 Å². The zero-order chi connectivity index (χ0) is 13.9. The third-order valence-corrected chi connectivity index (χ3v) is 5.66. The van der Waals surface area contributed by atoms with Crippen molar-refractivity contribution in [2.45, 2.75) is 75.4 Å². The predicted octanol–water partition coefficient (Wildman–Crippen LogP) is 4.37. The highest BCUT2D eigenvalue weighted by molar-refractivity contribution is 7.99. The minimum Gasteiger partial charge on any atom is -0.311 e. The summed E-state index contributed by atoms with van der Waals surface area (Å²) in [5.41, 5.74) is 0. The van der Waals surface area contributed by atoms with E-state index < -0.39 is 12.1 Å². The van der Waals surface area contributed by atoms with Crippen LogP contribution in [0, 0.1) is 5.92 Å². The molecule has 1 nitrogen and oxygen atoms in total. The summed E-state index contributed by atoms with van der Waals surface area (Å²) < 4.78 is 39.1. The number of hydrogen-bond donors (Lipinski definition) is 1. The Hall–Kier alpha value is 0.100. The first kappa shape index (κ1) is 15.5. The fourth-order valence-corrected chi connectivity index (χ4v) is 4.65. The minimum absolute atomic E-state index is 0.303. The van der Waals surface area contributed by atoms with Gasteiger partial charge in [-0.05, 0) is 37.9 Å². The summed E-state index contributed by atoms with van der Waals surface area (Å²) in [7, 11) is 0. The van der Waals surface area contributed by atoms with Crippen LogP contribution >= 0.6 is 11.8 Å². The smallest absolute Gasteiger partial charge is 0.311 e. The van der Waals surface area contributed by atoms with Gasteiger partial charge in [-0.25, -0.2) is 0 Å². The van der Waals surface area contributed by atoms with Crippen molar-refractivity contribution in [3.63, 3.8) is 0 Å². The van der Waals surface area contributed by atoms with E-state index >= 15 is 0 Å². The molecule has 1 N–H and O–H groups in total. The highest BCUT2D eigenvalue weighted by Crippen LogP contribution is 2.39. The van der Waals surface area contributed by atoms with Gasteiger partial charge in [0.25, 0.3) is 0 Å². The number of nitrogens with one attached hydrogen (secondary N) is 1. The summed E-state index contributed by atoms with van der Waals surface area (Å²) in [5, 5.41) is 3.98. The first-order chi connectivity index (χ1) is 9.00. The van der Waals surface area contributed by atoms with Gasteiger partial charge in [0, 0.05) is 17.3 Å². The van der Waals surface area contributed by atoms with Crippen LogP contribution in [0.1, 0.15) is 51.9 Å². The van der Waals surface area contributed by atoms with Gasteiger partial charge in [-0.15, -0.1) is 0 Å². The Morgan fingerprint density at radius 2 is 1.84 bits per heavy atom. The normalized spacial score (nSPS) is 36.6. The van der Waals surface area contributed by atoms with Gasteiger partial charge in [0.2, 0.25) is 0 Å². The molecule has 4 unspecified atom stereocenters. The maximum Gasteiger partial charge on any atom is 0.393 e. The van der Waals surface area contributed by atoms with Gasteiger partial charge in [0.15, 0.2) is 0 Å². The van der Waals surface area contributed by atoms with Crippen LogP contribution in [0.2, 0.25) is 0 Å². The second kappa shape index (κ2) is 6.70. The number of alkyl halides is 3. The van der Waals surface area contributed by atoms with Crippen LogP contribution in [0.3, 0.4) is 0 Å². The van der Waals surface area contributed by atoms with Gasteiger partial charge in [-0.3, -0.25) is 0 Å². The van der Waals surface area contributed by atoms with E-state index in [1.165, 1.54) is 0 Å². The van der Waals surface area contributed by atoms with Crippen LogP contribution in [0.25, 0.3) is 0 Å². The average molecular weight is 295 g/mol. The average Bonchev–Trinajstić information content (AvgIpc) is 2.76. The van der Waals surface area contributed by atoms with Crippen molar-refractivity contribution < 1.29 is 13.2 Å². The first-order valence-corrected chi connectivity index (χ1v) is 8.50. The first-order valence-electron chi connectivity index (χ1n) is 7.45. The standard InChI is InChI=1S/C14H24F3NS/c1-2-19-11-8-7-10(9-11)18-13-6-4-3-5-12(13)14(15,16)17/h10-13,18H,2-9H2,1H3. The lowest BCUT2D eigenvalue weighted by atomic mass is 9.83. The molecule has 0 radical (unpaired) electrons. The van der Waals surface area contributed by atoms with Crippen LogP contribution < -0.4 is 5.32 Å². The number of halogens is 3. The maximum absolute atomic E-state index is 13.0. The van der Waals surface area contributed by atoms with E-state index in [1.807, 2.05) is 11.8 Å². The van der Waals surface area contributed by atoms with Gasteiger partial charge in [0.1, 0.15) is 0 Å². The van der Waals surface area contributed by atoms with Crippen molar-refractivity contribution in [1.29, 1.82) is 0 Å². The van der Waals surface area contributed by atoms with E-state index in [4.69, 9.17) is 0 Å². The number of rotatable bonds is 4. The SMILES string of the molecule is CCSC1CCC(NC2CCCCC2C(F)(F)F)C1. The highest BCUT2D eigenvalue weighted by Gasteiger charge is 2.46. The fourth-order valence-electron chi connectivity index (χ4n) is 3.50. The molecule has 112 valence electrons. The molecular formula is C14H24F3NS. The van der Waals surface area contributed by atoms with Crippen molar-refractivity contribution in [2.75, 3.05) is 5.75 Å². The summed E-state index contributed by atoms with van der Waals surface area (Å²) in [6.07, 6.45) is 1.85. The minimum atomic E-state index is -4.03. The zero-order valence-electron chi connectivity index (χ0n) is 11.5. The van der Waals surface area contributed by atoms with Crippen LogP contribution in [0.5, 0.6) is 0 Å². The van der Waals surface area contributed by atoms with Crippen molar-refractivity contribution in [3.8, 4) is 0 Å². The van der Waals surface area contributed by atoms with E-state index in [2.05, 4.69) is 12.2 Å². The Morgan fingerprint density at radius 1 is 1.11 bits per heavy atom. The van der Waals surface area contributed by atoms with Crippen molar-refractivity contribution >= 4 is 11.8 Å². The summed E-state index contributed by atoms with van der Waals surface area (Å²) >= 11 is 1.95. The second-order valence-corrected chi connectivity index (χ2v) is 7.37. The quantitative estimate of drug-likeness (QED) is 0.826. The van der Waals surface area contributed by atoms with Gasteiger partial charge in [0.05, 0.1) is 5.92 Å². The molecule has 0 amide bonds. The van der Waals surface area contributed by atoms with Gasteiger partial charge < -0.3 is 5.32 Å². The maximum atomic E-state index is 13.0. The second-order valence-electron chi connectivity index (χ2n) is 5.79. The summed E-state index contributed by atoms with van der Waals surface area (Å²) in [6, 6.07) is -0.0406. The molecule has 0 heterocycles. The third-order valence-electron chi connectivity index (χ3n) is 4.42. The molecule has 0 aromatic rings. The van der Waals surface area contributed by atoms with Crippen LogP contribution in [0.15, 0.2) is 0 Å². The molecule has 19 heavy (non-hydrogen) atoms. The molecule has 0 spiro atoms. The molecule has 0 aromatic heterocycles. The molecule has 4 atom stereocenters. The largest absolute Gasteiger partial charge is 0.393 e. The van der Waals surface area contributed by atoms with Crippen molar-refractivity contribution in [1.82, 2.24) is 5.32 Å². The summed E-state index contributed by atoms with van der Waals surface area (Å²) in [6.45, 7) is 2.15. The summed E-state index contributed by atoms with van der Waals surface area (Å²) in [5.74, 6) is -0.0226. The van der Waals surface area contributed by atoms with E-state index in [0.29, 0.717) is 24.1 Å². The fraction of sp³-hybridized carbons (Fsp3) is 1.00. The number of thioether (sulfide) groups is 1. The van der Waals surface area contributed by atoms with E-state index in [-0.39, 0.29) is 6.04 Å². The molecular weight excluding hydrogens is 271 g/mol. The Balaban J connectivity index is 1.86. The Labute approximate surface area is 118 Å². The van der Waals surface area contributed by atoms with Crippen LogP contribution in [0.4, 0.5) is 13.2 Å². The molecule has 2 aliphatic rings. The van der Waals surface area contributed by atoms with Crippen molar-refractivity contribution in [3.05, 3.63) is 0 Å². The van der Waals surface area contributed by atoms with E-state index in [1.54, 1.807) is 0 Å². The Morgan fingerprint density at radius 3 is 2.53 bits per heavy atom. The van der Waals surface area contributed by atoms with Gasteiger partial charge in [-0.1, -0.05) is 19.8 Å². The highest BCUT2D eigenvalue weighted by atomic mass is 32.2. The van der Waals surface area contributed by atoms with Crippen LogP contribution in [-0.4, -0.2) is 29.3 Å². The van der Waals surface area contributed by atoms with Gasteiger partial charge in [-0.2, -0.15) is 24.9 Å². The Kier molecular flexibility index (Phi) is 5.46. The van der Waals surface area contributed by atoms with Gasteiger partial charge >= 0.3 is 6.18 Å². The Bertz CT molecular complexity index is 282. The van der Waals surface area contributed by atoms with E-state index in [0.717, 1.165) is 37.9 Å². The molecule has 0 aromatic carbocycles. The molecule has 0 bridgehead atoms. The number of hydrogen-bond acceptors (Lipinski definition) is 2.